The number of halogens is 2. The van der Waals surface area contributed by atoms with E-state index < -0.39 is 0 Å². The average Bonchev–Trinajstić information content (AvgIpc) is 2.99. The Labute approximate surface area is 153 Å². The lowest BCUT2D eigenvalue weighted by Gasteiger charge is -2.27. The van der Waals surface area contributed by atoms with Crippen LogP contribution in [0, 0.1) is 5.41 Å². The van der Waals surface area contributed by atoms with Gasteiger partial charge in [-0.2, -0.15) is 0 Å². The third-order valence-electron chi connectivity index (χ3n) is 4.31. The summed E-state index contributed by atoms with van der Waals surface area (Å²) >= 11 is 12.0. The summed E-state index contributed by atoms with van der Waals surface area (Å²) in [6.45, 7) is 3.06. The monoisotopic (exact) mass is 373 g/mol. The van der Waals surface area contributed by atoms with Crippen LogP contribution in [0.3, 0.4) is 0 Å². The molecule has 1 unspecified atom stereocenters. The highest BCUT2D eigenvalue weighted by Crippen LogP contribution is 2.31. The van der Waals surface area contributed by atoms with Gasteiger partial charge < -0.3 is 20.5 Å². The number of hydrogen-bond acceptors (Lipinski definition) is 3. The normalized spacial score (nSPS) is 21.1. The van der Waals surface area contributed by atoms with E-state index in [9.17, 15) is 5.11 Å². The Kier molecular flexibility index (Phi) is 7.62. The molecule has 0 radical (unpaired) electrons. The number of benzene rings is 1. The molecule has 3 N–H and O–H groups in total. The fourth-order valence-corrected chi connectivity index (χ4v) is 3.46. The molecule has 1 aliphatic heterocycles. The van der Waals surface area contributed by atoms with Crippen molar-refractivity contribution in [2.24, 2.45) is 10.4 Å². The van der Waals surface area contributed by atoms with Crippen molar-refractivity contribution in [1.82, 2.24) is 10.6 Å². The Morgan fingerprint density at radius 3 is 2.62 bits per heavy atom. The second-order valence-electron chi connectivity index (χ2n) is 6.16. The first kappa shape index (κ1) is 19.3. The summed E-state index contributed by atoms with van der Waals surface area (Å²) in [7, 11) is 1.75. The maximum Gasteiger partial charge on any atom is 0.191 e. The molecule has 0 aromatic heterocycles. The molecule has 134 valence electrons. The van der Waals surface area contributed by atoms with Crippen LogP contribution in [0.15, 0.2) is 23.2 Å². The molecular formula is C17H25Cl2N3O2. The maximum atomic E-state index is 9.28. The molecule has 1 fully saturated rings. The lowest BCUT2D eigenvalue weighted by Crippen LogP contribution is -2.45. The smallest absolute Gasteiger partial charge is 0.191 e. The maximum absolute atomic E-state index is 9.28. The van der Waals surface area contributed by atoms with Gasteiger partial charge in [0.15, 0.2) is 5.96 Å². The predicted molar refractivity (Wildman–Crippen MR) is 99.1 cm³/mol. The van der Waals surface area contributed by atoms with Crippen molar-refractivity contribution >= 4 is 29.2 Å². The molecule has 7 heteroatoms. The molecule has 0 aliphatic carbocycles. The van der Waals surface area contributed by atoms with Gasteiger partial charge >= 0.3 is 0 Å². The standard InChI is InChI=1S/C17H25Cl2N3O2/c1-20-16(22-11-17(3-6-23)4-7-24-12-17)21-5-2-13-8-14(18)10-15(19)9-13/h8-10,23H,2-7,11-12H2,1H3,(H2,20,21,22). The SMILES string of the molecule is CN=C(NCCc1cc(Cl)cc(Cl)c1)NCC1(CCO)CCOC1. The highest BCUT2D eigenvalue weighted by Gasteiger charge is 2.34. The molecule has 0 saturated carbocycles. The number of hydrogen-bond donors (Lipinski definition) is 3. The number of nitrogens with one attached hydrogen (secondary N) is 2. The van der Waals surface area contributed by atoms with Gasteiger partial charge in [-0.25, -0.2) is 0 Å². The van der Waals surface area contributed by atoms with Gasteiger partial charge in [-0.3, -0.25) is 4.99 Å². The Balaban J connectivity index is 1.80. The van der Waals surface area contributed by atoms with Crippen molar-refractivity contribution in [1.29, 1.82) is 0 Å². The van der Waals surface area contributed by atoms with Gasteiger partial charge in [0.05, 0.1) is 6.61 Å². The van der Waals surface area contributed by atoms with Crippen LogP contribution in [0.2, 0.25) is 10.0 Å². The molecular weight excluding hydrogens is 349 g/mol. The molecule has 1 heterocycles. The minimum absolute atomic E-state index is 0.00709. The van der Waals surface area contributed by atoms with Crippen molar-refractivity contribution < 1.29 is 9.84 Å². The summed E-state index contributed by atoms with van der Waals surface area (Å²) in [6, 6.07) is 5.56. The van der Waals surface area contributed by atoms with Crippen molar-refractivity contribution in [2.45, 2.75) is 19.3 Å². The quantitative estimate of drug-likeness (QED) is 0.507. The number of rotatable bonds is 7. The van der Waals surface area contributed by atoms with E-state index in [1.54, 1.807) is 13.1 Å². The van der Waals surface area contributed by atoms with Gasteiger partial charge in [0.25, 0.3) is 0 Å². The first-order valence-corrected chi connectivity index (χ1v) is 8.91. The number of guanidine groups is 1. The van der Waals surface area contributed by atoms with Crippen LogP contribution in [0.1, 0.15) is 18.4 Å². The Morgan fingerprint density at radius 2 is 2.04 bits per heavy atom. The zero-order valence-electron chi connectivity index (χ0n) is 13.9. The van der Waals surface area contributed by atoms with Gasteiger partial charge in [0.1, 0.15) is 0 Å². The van der Waals surface area contributed by atoms with E-state index in [1.807, 2.05) is 12.1 Å². The lowest BCUT2D eigenvalue weighted by atomic mass is 9.84. The topological polar surface area (TPSA) is 65.9 Å². The highest BCUT2D eigenvalue weighted by atomic mass is 35.5. The third-order valence-corrected chi connectivity index (χ3v) is 4.75. The minimum Gasteiger partial charge on any atom is -0.396 e. The summed E-state index contributed by atoms with van der Waals surface area (Å²) in [5.74, 6) is 0.743. The van der Waals surface area contributed by atoms with E-state index in [-0.39, 0.29) is 12.0 Å². The molecule has 1 aromatic rings. The van der Waals surface area contributed by atoms with Gasteiger partial charge in [-0.05, 0) is 43.0 Å². The van der Waals surface area contributed by atoms with Crippen molar-refractivity contribution in [3.05, 3.63) is 33.8 Å². The fraction of sp³-hybridized carbons (Fsp3) is 0.588. The van der Waals surface area contributed by atoms with Crippen molar-refractivity contribution in [3.8, 4) is 0 Å². The van der Waals surface area contributed by atoms with Gasteiger partial charge in [-0.15, -0.1) is 0 Å². The van der Waals surface area contributed by atoms with E-state index in [1.165, 1.54) is 0 Å². The molecule has 0 bridgehead atoms. The Hall–Kier alpha value is -1.01. The van der Waals surface area contributed by atoms with Gasteiger partial charge in [0, 0.05) is 48.8 Å². The Morgan fingerprint density at radius 1 is 1.29 bits per heavy atom. The summed E-state index contributed by atoms with van der Waals surface area (Å²) in [5, 5.41) is 17.2. The first-order chi connectivity index (χ1) is 11.6. The zero-order chi connectivity index (χ0) is 17.4. The Bertz CT molecular complexity index is 541. The summed E-state index contributed by atoms with van der Waals surface area (Å²) in [6.07, 6.45) is 2.49. The lowest BCUT2D eigenvalue weighted by molar-refractivity contribution is 0.127. The van der Waals surface area contributed by atoms with Gasteiger partial charge in [0.2, 0.25) is 0 Å². The van der Waals surface area contributed by atoms with Crippen LogP contribution in [0.25, 0.3) is 0 Å². The molecule has 2 rings (SSSR count). The fourth-order valence-electron chi connectivity index (χ4n) is 2.88. The molecule has 0 spiro atoms. The number of nitrogens with zero attached hydrogens (tertiary/aromatic N) is 1. The molecule has 1 aliphatic rings. The summed E-state index contributed by atoms with van der Waals surface area (Å²) in [4.78, 5) is 4.25. The van der Waals surface area contributed by atoms with Crippen LogP contribution in [-0.2, 0) is 11.2 Å². The van der Waals surface area contributed by atoms with Crippen LogP contribution >= 0.6 is 23.2 Å². The number of aliphatic hydroxyl groups excluding tert-OH is 1. The van der Waals surface area contributed by atoms with Crippen molar-refractivity contribution in [2.75, 3.05) is 40.0 Å². The first-order valence-electron chi connectivity index (χ1n) is 8.15. The molecule has 24 heavy (non-hydrogen) atoms. The van der Waals surface area contributed by atoms with Gasteiger partial charge in [-0.1, -0.05) is 23.2 Å². The van der Waals surface area contributed by atoms with Crippen molar-refractivity contribution in [3.63, 3.8) is 0 Å². The third kappa shape index (κ3) is 5.81. The molecule has 1 saturated heterocycles. The van der Waals surface area contributed by atoms with E-state index in [0.717, 1.165) is 50.5 Å². The highest BCUT2D eigenvalue weighted by molar-refractivity contribution is 6.34. The number of ether oxygens (including phenoxy) is 1. The second-order valence-corrected chi connectivity index (χ2v) is 7.03. The minimum atomic E-state index is -0.00709. The second kappa shape index (κ2) is 9.47. The summed E-state index contributed by atoms with van der Waals surface area (Å²) < 4.78 is 5.50. The average molecular weight is 374 g/mol. The van der Waals surface area contributed by atoms with Crippen LogP contribution in [0.4, 0.5) is 0 Å². The molecule has 1 atom stereocenters. The van der Waals surface area contributed by atoms with Crippen LogP contribution in [0.5, 0.6) is 0 Å². The largest absolute Gasteiger partial charge is 0.396 e. The van der Waals surface area contributed by atoms with E-state index in [4.69, 9.17) is 27.9 Å². The number of aliphatic imine (C=N–C) groups is 1. The number of aliphatic hydroxyl groups is 1. The molecule has 1 aromatic carbocycles. The zero-order valence-corrected chi connectivity index (χ0v) is 15.5. The summed E-state index contributed by atoms with van der Waals surface area (Å²) in [5.41, 5.74) is 1.07. The van der Waals surface area contributed by atoms with E-state index in [2.05, 4.69) is 15.6 Å². The molecule has 5 nitrogen and oxygen atoms in total. The van der Waals surface area contributed by atoms with Crippen LogP contribution in [-0.4, -0.2) is 51.0 Å². The van der Waals surface area contributed by atoms with E-state index >= 15 is 0 Å². The van der Waals surface area contributed by atoms with E-state index in [0.29, 0.717) is 16.7 Å². The predicted octanol–water partition coefficient (Wildman–Crippen LogP) is 2.49. The molecule has 0 amide bonds. The van der Waals surface area contributed by atoms with Crippen LogP contribution < -0.4 is 10.6 Å².